The molecule has 0 aliphatic carbocycles. The Balaban J connectivity index is 1.66. The Kier molecular flexibility index (Phi) is 5.33. The number of primary amides is 1. The monoisotopic (exact) mass is 393 g/mol. The van der Waals surface area contributed by atoms with Gasteiger partial charge in [0.1, 0.15) is 17.2 Å². The average molecular weight is 393 g/mol. The Morgan fingerprint density at radius 3 is 2.83 bits per heavy atom. The van der Waals surface area contributed by atoms with Crippen LogP contribution in [0, 0.1) is 5.82 Å². The van der Waals surface area contributed by atoms with Crippen molar-refractivity contribution in [2.45, 2.75) is 31.6 Å². The molecule has 0 aliphatic rings. The van der Waals surface area contributed by atoms with Gasteiger partial charge >= 0.3 is 0 Å². The number of nitrogens with two attached hydrogens (primary N) is 1. The summed E-state index contributed by atoms with van der Waals surface area (Å²) in [6.07, 6.45) is 1.90. The van der Waals surface area contributed by atoms with Gasteiger partial charge in [-0.05, 0) is 59.9 Å². The van der Waals surface area contributed by atoms with Crippen molar-refractivity contribution in [3.63, 3.8) is 0 Å². The number of nitrogens with one attached hydrogen (secondary N) is 1. The van der Waals surface area contributed by atoms with E-state index in [1.165, 1.54) is 6.07 Å². The minimum atomic E-state index is -0.367. The molecule has 8 heteroatoms. The van der Waals surface area contributed by atoms with Crippen molar-refractivity contribution in [2.24, 2.45) is 5.73 Å². The lowest BCUT2D eigenvalue weighted by atomic mass is 9.88. The number of H-pyrrole nitrogens is 1. The summed E-state index contributed by atoms with van der Waals surface area (Å²) in [6, 6.07) is 14.5. The number of fused-ring (bicyclic) bond motifs is 1. The van der Waals surface area contributed by atoms with Crippen molar-refractivity contribution < 1.29 is 13.6 Å². The van der Waals surface area contributed by atoms with E-state index in [-0.39, 0.29) is 24.1 Å². The summed E-state index contributed by atoms with van der Waals surface area (Å²) in [5.41, 5.74) is 7.26. The van der Waals surface area contributed by atoms with E-state index in [4.69, 9.17) is 10.2 Å². The van der Waals surface area contributed by atoms with Crippen LogP contribution in [0.1, 0.15) is 36.5 Å². The van der Waals surface area contributed by atoms with Crippen molar-refractivity contribution in [3.8, 4) is 11.4 Å². The van der Waals surface area contributed by atoms with Crippen LogP contribution in [-0.4, -0.2) is 26.5 Å². The molecule has 0 radical (unpaired) electrons. The Hall–Kier alpha value is -3.55. The topological polar surface area (TPSA) is 111 Å². The molecule has 29 heavy (non-hydrogen) atoms. The van der Waals surface area contributed by atoms with E-state index < -0.39 is 0 Å². The van der Waals surface area contributed by atoms with Crippen molar-refractivity contribution in [2.75, 3.05) is 0 Å². The van der Waals surface area contributed by atoms with E-state index in [1.807, 2.05) is 30.3 Å². The standard InChI is InChI=1S/C21H20FN5O2/c22-18-9-8-15(21-24-26-27-25-21)12-17(18)13(5-3-7-20(23)28)10-16-11-14-4-1-2-6-19(14)29-16/h1-2,4,6,8-9,11-13H,3,5,7,10H2,(H2,23,28)(H,24,25,26,27). The van der Waals surface area contributed by atoms with Gasteiger partial charge in [0.2, 0.25) is 11.7 Å². The molecule has 0 saturated heterocycles. The smallest absolute Gasteiger partial charge is 0.217 e. The first kappa shape index (κ1) is 18.8. The number of furan rings is 1. The van der Waals surface area contributed by atoms with Gasteiger partial charge in [-0.1, -0.05) is 18.2 Å². The third kappa shape index (κ3) is 4.31. The van der Waals surface area contributed by atoms with Crippen LogP contribution in [0.25, 0.3) is 22.4 Å². The number of tetrazole rings is 1. The molecule has 0 saturated carbocycles. The number of hydrogen-bond acceptors (Lipinski definition) is 5. The predicted octanol–water partition coefficient (Wildman–Crippen LogP) is 3.73. The number of para-hydroxylation sites is 1. The molecule has 4 aromatic rings. The first-order valence-corrected chi connectivity index (χ1v) is 9.39. The summed E-state index contributed by atoms with van der Waals surface area (Å²) in [5.74, 6) is 0.276. The Morgan fingerprint density at radius 1 is 1.21 bits per heavy atom. The fraction of sp³-hybridized carbons (Fsp3) is 0.238. The number of carbonyl (C=O) groups excluding carboxylic acids is 1. The quantitative estimate of drug-likeness (QED) is 0.474. The van der Waals surface area contributed by atoms with Crippen LogP contribution in [-0.2, 0) is 11.2 Å². The third-order valence-corrected chi connectivity index (χ3v) is 4.94. The fourth-order valence-electron chi connectivity index (χ4n) is 3.55. The van der Waals surface area contributed by atoms with Crippen LogP contribution in [0.15, 0.2) is 52.9 Å². The maximum atomic E-state index is 14.8. The molecule has 4 rings (SSSR count). The Bertz CT molecular complexity index is 1090. The number of aromatic nitrogens is 4. The van der Waals surface area contributed by atoms with Gasteiger partial charge in [-0.15, -0.1) is 10.2 Å². The predicted molar refractivity (Wildman–Crippen MR) is 105 cm³/mol. The zero-order valence-corrected chi connectivity index (χ0v) is 15.6. The molecule has 148 valence electrons. The molecule has 0 aliphatic heterocycles. The lowest BCUT2D eigenvalue weighted by molar-refractivity contribution is -0.118. The zero-order valence-electron chi connectivity index (χ0n) is 15.6. The van der Waals surface area contributed by atoms with E-state index in [2.05, 4.69) is 20.6 Å². The Labute approximate surface area is 166 Å². The minimum Gasteiger partial charge on any atom is -0.461 e. The van der Waals surface area contributed by atoms with Gasteiger partial charge in [0.15, 0.2) is 0 Å². The number of nitrogens with zero attached hydrogens (tertiary/aromatic N) is 3. The lowest BCUT2D eigenvalue weighted by Crippen LogP contribution is -2.12. The molecule has 2 aromatic carbocycles. The maximum absolute atomic E-state index is 14.8. The number of amides is 1. The molecule has 3 N–H and O–H groups in total. The van der Waals surface area contributed by atoms with Crippen molar-refractivity contribution >= 4 is 16.9 Å². The van der Waals surface area contributed by atoms with Crippen LogP contribution >= 0.6 is 0 Å². The van der Waals surface area contributed by atoms with Gasteiger partial charge in [-0.25, -0.2) is 4.39 Å². The number of halogens is 1. The van der Waals surface area contributed by atoms with E-state index in [0.717, 1.165) is 16.7 Å². The third-order valence-electron chi connectivity index (χ3n) is 4.94. The van der Waals surface area contributed by atoms with Gasteiger partial charge in [-0.2, -0.15) is 5.21 Å². The summed E-state index contributed by atoms with van der Waals surface area (Å²) in [4.78, 5) is 11.2. The molecule has 1 atom stereocenters. The molecule has 2 heterocycles. The van der Waals surface area contributed by atoms with Gasteiger partial charge in [0, 0.05) is 23.8 Å². The minimum absolute atomic E-state index is 0.193. The van der Waals surface area contributed by atoms with Crippen LogP contribution in [0.4, 0.5) is 4.39 Å². The van der Waals surface area contributed by atoms with E-state index in [1.54, 1.807) is 12.1 Å². The van der Waals surface area contributed by atoms with Crippen LogP contribution in [0.3, 0.4) is 0 Å². The highest BCUT2D eigenvalue weighted by atomic mass is 19.1. The maximum Gasteiger partial charge on any atom is 0.217 e. The molecule has 0 bridgehead atoms. The van der Waals surface area contributed by atoms with E-state index >= 15 is 0 Å². The summed E-state index contributed by atoms with van der Waals surface area (Å²) < 4.78 is 20.7. The molecule has 0 spiro atoms. The van der Waals surface area contributed by atoms with E-state index in [9.17, 15) is 9.18 Å². The zero-order chi connectivity index (χ0) is 20.2. The van der Waals surface area contributed by atoms with Crippen LogP contribution in [0.2, 0.25) is 0 Å². The fourth-order valence-corrected chi connectivity index (χ4v) is 3.55. The van der Waals surface area contributed by atoms with Crippen molar-refractivity contribution in [1.82, 2.24) is 20.6 Å². The first-order valence-electron chi connectivity index (χ1n) is 9.39. The molecule has 7 nitrogen and oxygen atoms in total. The summed E-state index contributed by atoms with van der Waals surface area (Å²) in [5, 5.41) is 14.9. The van der Waals surface area contributed by atoms with Crippen LogP contribution < -0.4 is 5.73 Å². The van der Waals surface area contributed by atoms with Gasteiger partial charge < -0.3 is 10.2 Å². The second-order valence-electron chi connectivity index (χ2n) is 6.98. The highest BCUT2D eigenvalue weighted by molar-refractivity contribution is 5.77. The lowest BCUT2D eigenvalue weighted by Gasteiger charge is -2.17. The Morgan fingerprint density at radius 2 is 2.07 bits per heavy atom. The van der Waals surface area contributed by atoms with Gasteiger partial charge in [0.25, 0.3) is 0 Å². The molecule has 1 amide bonds. The highest BCUT2D eigenvalue weighted by Crippen LogP contribution is 2.32. The number of rotatable bonds is 8. The number of aromatic amines is 1. The number of benzene rings is 2. The first-order chi connectivity index (χ1) is 14.1. The second kappa shape index (κ2) is 8.22. The van der Waals surface area contributed by atoms with E-state index in [0.29, 0.717) is 36.2 Å². The van der Waals surface area contributed by atoms with Gasteiger partial charge in [0.05, 0.1) is 0 Å². The summed E-state index contributed by atoms with van der Waals surface area (Å²) >= 11 is 0. The summed E-state index contributed by atoms with van der Waals surface area (Å²) in [7, 11) is 0. The normalized spacial score (nSPS) is 12.3. The molecular formula is C21H20FN5O2. The molecule has 0 fully saturated rings. The number of carbonyl (C=O) groups is 1. The SMILES string of the molecule is NC(=O)CCCC(Cc1cc2ccccc2o1)c1cc(-c2nn[nH]n2)ccc1F. The molecule has 1 unspecified atom stereocenters. The summed E-state index contributed by atoms with van der Waals surface area (Å²) in [6.45, 7) is 0. The average Bonchev–Trinajstić information content (AvgIpc) is 3.37. The molecule has 2 aromatic heterocycles. The van der Waals surface area contributed by atoms with Crippen LogP contribution in [0.5, 0.6) is 0 Å². The van der Waals surface area contributed by atoms with Gasteiger partial charge in [-0.3, -0.25) is 4.79 Å². The largest absolute Gasteiger partial charge is 0.461 e. The second-order valence-corrected chi connectivity index (χ2v) is 6.98. The van der Waals surface area contributed by atoms with Crippen molar-refractivity contribution in [3.05, 3.63) is 65.7 Å². The van der Waals surface area contributed by atoms with Crippen molar-refractivity contribution in [1.29, 1.82) is 0 Å². The number of hydrogen-bond donors (Lipinski definition) is 2. The molecular weight excluding hydrogens is 373 g/mol. The highest BCUT2D eigenvalue weighted by Gasteiger charge is 2.20.